The molecule has 0 bridgehead atoms. The summed E-state index contributed by atoms with van der Waals surface area (Å²) in [4.78, 5) is 11.7. The second-order valence-corrected chi connectivity index (χ2v) is 5.41. The van der Waals surface area contributed by atoms with Crippen molar-refractivity contribution in [2.24, 2.45) is 5.92 Å². The van der Waals surface area contributed by atoms with Crippen molar-refractivity contribution < 1.29 is 14.3 Å². The Kier molecular flexibility index (Phi) is 5.46. The highest BCUT2D eigenvalue weighted by atomic mass is 16.5. The normalized spacial score (nSPS) is 10.3. The first kappa shape index (κ1) is 16.7. The zero-order valence-electron chi connectivity index (χ0n) is 13.8. The fourth-order valence-corrected chi connectivity index (χ4v) is 1.98. The second-order valence-electron chi connectivity index (χ2n) is 5.41. The smallest absolute Gasteiger partial charge is 0.226 e. The predicted molar refractivity (Wildman–Crippen MR) is 92.7 cm³/mol. The molecular weight excluding hydrogens is 292 g/mol. The van der Waals surface area contributed by atoms with Gasteiger partial charge in [-0.25, -0.2) is 0 Å². The van der Waals surface area contributed by atoms with E-state index in [4.69, 9.17) is 9.47 Å². The lowest BCUT2D eigenvalue weighted by Crippen LogP contribution is -2.17. The van der Waals surface area contributed by atoms with E-state index >= 15 is 0 Å². The van der Waals surface area contributed by atoms with E-state index in [1.54, 1.807) is 14.2 Å². The van der Waals surface area contributed by atoms with E-state index in [1.165, 1.54) is 0 Å². The second kappa shape index (κ2) is 7.54. The van der Waals surface area contributed by atoms with Crippen molar-refractivity contribution in [3.05, 3.63) is 42.5 Å². The molecule has 0 aliphatic rings. The molecule has 0 unspecified atom stereocenters. The van der Waals surface area contributed by atoms with Crippen molar-refractivity contribution in [3.63, 3.8) is 0 Å². The van der Waals surface area contributed by atoms with Crippen LogP contribution >= 0.6 is 0 Å². The average molecular weight is 314 g/mol. The van der Waals surface area contributed by atoms with Gasteiger partial charge in [0.25, 0.3) is 0 Å². The molecule has 2 aromatic carbocycles. The van der Waals surface area contributed by atoms with Crippen LogP contribution in [0.15, 0.2) is 42.5 Å². The number of carbonyl (C=O) groups is 1. The summed E-state index contributed by atoms with van der Waals surface area (Å²) in [6.45, 7) is 3.72. The number of benzene rings is 2. The van der Waals surface area contributed by atoms with Gasteiger partial charge in [-0.3, -0.25) is 4.79 Å². The summed E-state index contributed by atoms with van der Waals surface area (Å²) in [5, 5.41) is 6.15. The molecule has 0 aliphatic heterocycles. The lowest BCUT2D eigenvalue weighted by molar-refractivity contribution is -0.118. The van der Waals surface area contributed by atoms with Gasteiger partial charge in [0.05, 0.1) is 19.9 Å². The Balaban J connectivity index is 2.10. The molecule has 1 amide bonds. The molecule has 5 heteroatoms. The van der Waals surface area contributed by atoms with E-state index in [2.05, 4.69) is 10.6 Å². The van der Waals surface area contributed by atoms with Gasteiger partial charge in [-0.05, 0) is 36.4 Å². The van der Waals surface area contributed by atoms with Crippen LogP contribution in [0.5, 0.6) is 11.5 Å². The largest absolute Gasteiger partial charge is 0.497 e. The zero-order valence-corrected chi connectivity index (χ0v) is 13.8. The molecule has 0 aliphatic carbocycles. The topological polar surface area (TPSA) is 59.6 Å². The predicted octanol–water partition coefficient (Wildman–Crippen LogP) is 4.04. The molecule has 0 atom stereocenters. The Hall–Kier alpha value is -2.69. The fourth-order valence-electron chi connectivity index (χ4n) is 1.98. The number of carbonyl (C=O) groups excluding carboxylic acids is 1. The summed E-state index contributed by atoms with van der Waals surface area (Å²) < 4.78 is 10.5. The van der Waals surface area contributed by atoms with Crippen molar-refractivity contribution in [2.45, 2.75) is 13.8 Å². The van der Waals surface area contributed by atoms with Crippen LogP contribution in [-0.2, 0) is 4.79 Å². The molecule has 0 radical (unpaired) electrons. The minimum Gasteiger partial charge on any atom is -0.497 e. The Labute approximate surface area is 136 Å². The van der Waals surface area contributed by atoms with Gasteiger partial charge in [0.2, 0.25) is 5.91 Å². The zero-order chi connectivity index (χ0) is 16.8. The van der Waals surface area contributed by atoms with Gasteiger partial charge in [-0.1, -0.05) is 13.8 Å². The highest BCUT2D eigenvalue weighted by Crippen LogP contribution is 2.31. The number of ether oxygens (including phenoxy) is 2. The Bertz CT molecular complexity index is 666. The van der Waals surface area contributed by atoms with E-state index in [0.29, 0.717) is 5.75 Å². The summed E-state index contributed by atoms with van der Waals surface area (Å²) in [6, 6.07) is 13.1. The summed E-state index contributed by atoms with van der Waals surface area (Å²) in [5.74, 6) is 1.39. The van der Waals surface area contributed by atoms with Crippen LogP contribution in [0.2, 0.25) is 0 Å². The SMILES string of the molecule is COc1ccc(Nc2ccc(NC(=O)C(C)C)cc2)c(OC)c1. The molecule has 0 saturated heterocycles. The number of amides is 1. The third kappa shape index (κ3) is 4.39. The molecule has 0 fully saturated rings. The fraction of sp³-hybridized carbons (Fsp3) is 0.278. The third-order valence-corrected chi connectivity index (χ3v) is 3.36. The highest BCUT2D eigenvalue weighted by Gasteiger charge is 2.08. The molecular formula is C18H22N2O3. The van der Waals surface area contributed by atoms with Crippen LogP contribution in [0.25, 0.3) is 0 Å². The molecule has 0 aromatic heterocycles. The number of anilines is 3. The first-order chi connectivity index (χ1) is 11.0. The van der Waals surface area contributed by atoms with Crippen LogP contribution in [0, 0.1) is 5.92 Å². The summed E-state index contributed by atoms with van der Waals surface area (Å²) in [7, 11) is 3.23. The maximum Gasteiger partial charge on any atom is 0.226 e. The molecule has 23 heavy (non-hydrogen) atoms. The van der Waals surface area contributed by atoms with Gasteiger partial charge in [0.15, 0.2) is 0 Å². The molecule has 2 rings (SSSR count). The van der Waals surface area contributed by atoms with Gasteiger partial charge in [0, 0.05) is 23.4 Å². The first-order valence-electron chi connectivity index (χ1n) is 7.43. The number of hydrogen-bond acceptors (Lipinski definition) is 4. The van der Waals surface area contributed by atoms with Crippen LogP contribution in [0.4, 0.5) is 17.1 Å². The van der Waals surface area contributed by atoms with E-state index in [-0.39, 0.29) is 11.8 Å². The van der Waals surface area contributed by atoms with Gasteiger partial charge in [-0.2, -0.15) is 0 Å². The summed E-state index contributed by atoms with van der Waals surface area (Å²) in [6.07, 6.45) is 0. The van der Waals surface area contributed by atoms with Gasteiger partial charge >= 0.3 is 0 Å². The Morgan fingerprint density at radius 2 is 1.61 bits per heavy atom. The Morgan fingerprint density at radius 3 is 2.17 bits per heavy atom. The van der Waals surface area contributed by atoms with Crippen molar-refractivity contribution in [2.75, 3.05) is 24.9 Å². The molecule has 5 nitrogen and oxygen atoms in total. The number of rotatable bonds is 6. The quantitative estimate of drug-likeness (QED) is 0.845. The molecule has 0 saturated carbocycles. The minimum absolute atomic E-state index is 0.00235. The number of nitrogens with one attached hydrogen (secondary N) is 2. The van der Waals surface area contributed by atoms with Crippen LogP contribution < -0.4 is 20.1 Å². The van der Waals surface area contributed by atoms with E-state index in [1.807, 2.05) is 56.3 Å². The average Bonchev–Trinajstić information content (AvgIpc) is 2.56. The van der Waals surface area contributed by atoms with Crippen LogP contribution in [0.1, 0.15) is 13.8 Å². The molecule has 0 spiro atoms. The van der Waals surface area contributed by atoms with Crippen molar-refractivity contribution in [1.82, 2.24) is 0 Å². The Morgan fingerprint density at radius 1 is 0.957 bits per heavy atom. The molecule has 2 N–H and O–H groups in total. The molecule has 0 heterocycles. The van der Waals surface area contributed by atoms with Crippen LogP contribution in [-0.4, -0.2) is 20.1 Å². The highest BCUT2D eigenvalue weighted by molar-refractivity contribution is 5.92. The van der Waals surface area contributed by atoms with Crippen molar-refractivity contribution in [1.29, 1.82) is 0 Å². The maximum absolute atomic E-state index is 11.7. The number of hydrogen-bond donors (Lipinski definition) is 2. The first-order valence-corrected chi connectivity index (χ1v) is 7.43. The van der Waals surface area contributed by atoms with E-state index in [9.17, 15) is 4.79 Å². The van der Waals surface area contributed by atoms with Gasteiger partial charge in [-0.15, -0.1) is 0 Å². The van der Waals surface area contributed by atoms with E-state index < -0.39 is 0 Å². The lowest BCUT2D eigenvalue weighted by Gasteiger charge is -2.13. The standard InChI is InChI=1S/C18H22N2O3/c1-12(2)18(21)20-14-7-5-13(6-8-14)19-16-10-9-15(22-3)11-17(16)23-4/h5-12,19H,1-4H3,(H,20,21). The van der Waals surface area contributed by atoms with E-state index in [0.717, 1.165) is 22.8 Å². The van der Waals surface area contributed by atoms with Gasteiger partial charge in [0.1, 0.15) is 11.5 Å². The number of methoxy groups -OCH3 is 2. The van der Waals surface area contributed by atoms with Crippen molar-refractivity contribution in [3.8, 4) is 11.5 Å². The molecule has 2 aromatic rings. The van der Waals surface area contributed by atoms with Gasteiger partial charge < -0.3 is 20.1 Å². The summed E-state index contributed by atoms with van der Waals surface area (Å²) >= 11 is 0. The van der Waals surface area contributed by atoms with Crippen molar-refractivity contribution >= 4 is 23.0 Å². The monoisotopic (exact) mass is 314 g/mol. The third-order valence-electron chi connectivity index (χ3n) is 3.36. The maximum atomic E-state index is 11.7. The summed E-state index contributed by atoms with van der Waals surface area (Å²) in [5.41, 5.74) is 2.51. The lowest BCUT2D eigenvalue weighted by atomic mass is 10.2. The molecule has 122 valence electrons. The minimum atomic E-state index is -0.0450. The van der Waals surface area contributed by atoms with Crippen LogP contribution in [0.3, 0.4) is 0 Å².